The summed E-state index contributed by atoms with van der Waals surface area (Å²) in [5.41, 5.74) is 2.86. The summed E-state index contributed by atoms with van der Waals surface area (Å²) in [6.45, 7) is 1.54. The second-order valence-corrected chi connectivity index (χ2v) is 7.65. The van der Waals surface area contributed by atoms with Crippen molar-refractivity contribution in [1.29, 1.82) is 0 Å². The Morgan fingerprint density at radius 1 is 1.10 bits per heavy atom. The second-order valence-electron chi connectivity index (χ2n) is 7.21. The highest BCUT2D eigenvalue weighted by Crippen LogP contribution is 2.29. The molecule has 0 unspecified atom stereocenters. The summed E-state index contributed by atoms with van der Waals surface area (Å²) >= 11 is 5.81. The number of aryl methyl sites for hydroxylation is 1. The zero-order valence-electron chi connectivity index (χ0n) is 16.3. The Labute approximate surface area is 175 Å². The molecule has 0 saturated heterocycles. The van der Waals surface area contributed by atoms with Gasteiger partial charge in [-0.05, 0) is 61.6 Å². The van der Waals surface area contributed by atoms with Gasteiger partial charge in [-0.2, -0.15) is 0 Å². The molecule has 0 radical (unpaired) electrons. The Morgan fingerprint density at radius 3 is 2.59 bits per heavy atom. The minimum Gasteiger partial charge on any atom is -0.453 e. The van der Waals surface area contributed by atoms with Gasteiger partial charge in [0.25, 0.3) is 5.91 Å². The van der Waals surface area contributed by atoms with Gasteiger partial charge < -0.3 is 10.1 Å². The third kappa shape index (κ3) is 5.67. The quantitative estimate of drug-likeness (QED) is 0.538. The van der Waals surface area contributed by atoms with E-state index in [4.69, 9.17) is 16.3 Å². The first-order valence-electron chi connectivity index (χ1n) is 9.80. The lowest BCUT2D eigenvalue weighted by molar-refractivity contribution is -0.155. The van der Waals surface area contributed by atoms with E-state index >= 15 is 0 Å². The van der Waals surface area contributed by atoms with Crippen LogP contribution in [0.15, 0.2) is 48.5 Å². The Morgan fingerprint density at radius 2 is 1.83 bits per heavy atom. The fraction of sp³-hybridized carbons (Fsp3) is 0.348. The van der Waals surface area contributed by atoms with Crippen molar-refractivity contribution in [2.45, 2.75) is 51.2 Å². The fourth-order valence-corrected chi connectivity index (χ4v) is 3.62. The van der Waals surface area contributed by atoms with Crippen LogP contribution in [0.1, 0.15) is 60.1 Å². The molecule has 0 saturated carbocycles. The monoisotopic (exact) mass is 413 g/mol. The lowest BCUT2D eigenvalue weighted by Gasteiger charge is -2.27. The average Bonchev–Trinajstić information content (AvgIpc) is 2.72. The first-order valence-corrected chi connectivity index (χ1v) is 10.2. The third-order valence-electron chi connectivity index (χ3n) is 5.09. The van der Waals surface area contributed by atoms with Crippen molar-refractivity contribution in [3.8, 4) is 0 Å². The van der Waals surface area contributed by atoms with Gasteiger partial charge in [-0.15, -0.1) is 0 Å². The smallest absolute Gasteiger partial charge is 0.307 e. The topological polar surface area (TPSA) is 72.5 Å². The number of ketones is 1. The van der Waals surface area contributed by atoms with Crippen molar-refractivity contribution < 1.29 is 19.1 Å². The summed E-state index contributed by atoms with van der Waals surface area (Å²) in [6.07, 6.45) is 1.90. The van der Waals surface area contributed by atoms with Crippen LogP contribution in [-0.4, -0.2) is 23.8 Å². The molecule has 2 aromatic carbocycles. The zero-order chi connectivity index (χ0) is 20.8. The van der Waals surface area contributed by atoms with Gasteiger partial charge >= 0.3 is 5.97 Å². The highest BCUT2D eigenvalue weighted by Gasteiger charge is 2.25. The molecule has 2 aromatic rings. The molecule has 5 nitrogen and oxygen atoms in total. The van der Waals surface area contributed by atoms with E-state index in [0.29, 0.717) is 10.6 Å². The van der Waals surface area contributed by atoms with Gasteiger partial charge in [0.2, 0.25) is 0 Å². The van der Waals surface area contributed by atoms with Gasteiger partial charge in [0.05, 0.1) is 12.5 Å². The molecular weight excluding hydrogens is 390 g/mol. The zero-order valence-corrected chi connectivity index (χ0v) is 17.1. The van der Waals surface area contributed by atoms with E-state index < -0.39 is 12.1 Å². The number of Topliss-reactive ketones (excluding diaryl/α,β-unsaturated/α-hetero) is 1. The molecule has 152 valence electrons. The average molecular weight is 414 g/mol. The summed E-state index contributed by atoms with van der Waals surface area (Å²) in [5, 5.41) is 3.52. The number of carbonyl (C=O) groups is 3. The maximum Gasteiger partial charge on any atom is 0.307 e. The number of halogens is 1. The highest BCUT2D eigenvalue weighted by atomic mass is 35.5. The van der Waals surface area contributed by atoms with E-state index in [-0.39, 0.29) is 30.6 Å². The highest BCUT2D eigenvalue weighted by molar-refractivity contribution is 6.30. The number of carbonyl (C=O) groups excluding carboxylic acids is 3. The van der Waals surface area contributed by atoms with E-state index in [1.54, 1.807) is 31.2 Å². The first kappa shape index (κ1) is 21.1. The van der Waals surface area contributed by atoms with Crippen molar-refractivity contribution in [3.63, 3.8) is 0 Å². The van der Waals surface area contributed by atoms with Crippen LogP contribution in [0.4, 0.5) is 0 Å². The van der Waals surface area contributed by atoms with Crippen LogP contribution in [0.3, 0.4) is 0 Å². The normalized spacial score (nSPS) is 16.4. The van der Waals surface area contributed by atoms with E-state index in [2.05, 4.69) is 11.4 Å². The predicted octanol–water partition coefficient (Wildman–Crippen LogP) is 4.43. The molecule has 1 aliphatic rings. The number of benzene rings is 2. The first-order chi connectivity index (χ1) is 13.9. The van der Waals surface area contributed by atoms with Crippen LogP contribution in [0.2, 0.25) is 5.02 Å². The van der Waals surface area contributed by atoms with Gasteiger partial charge in [0, 0.05) is 17.0 Å². The van der Waals surface area contributed by atoms with Crippen LogP contribution in [0.25, 0.3) is 0 Å². The van der Waals surface area contributed by atoms with Crippen molar-refractivity contribution in [1.82, 2.24) is 5.32 Å². The number of hydrogen-bond donors (Lipinski definition) is 1. The number of fused-ring (bicyclic) bond motifs is 1. The van der Waals surface area contributed by atoms with Gasteiger partial charge in [-0.3, -0.25) is 14.4 Å². The molecule has 1 N–H and O–H groups in total. The molecule has 0 heterocycles. The summed E-state index contributed by atoms with van der Waals surface area (Å²) < 4.78 is 5.22. The summed E-state index contributed by atoms with van der Waals surface area (Å²) in [5.74, 6) is -1.07. The molecule has 29 heavy (non-hydrogen) atoms. The van der Waals surface area contributed by atoms with E-state index in [1.807, 2.05) is 18.2 Å². The summed E-state index contributed by atoms with van der Waals surface area (Å²) in [7, 11) is 0. The third-order valence-corrected chi connectivity index (χ3v) is 5.34. The minimum absolute atomic E-state index is 0.0187. The van der Waals surface area contributed by atoms with Crippen molar-refractivity contribution in [3.05, 3.63) is 70.2 Å². The Balaban J connectivity index is 1.47. The van der Waals surface area contributed by atoms with Crippen LogP contribution < -0.4 is 5.32 Å². The number of hydrogen-bond acceptors (Lipinski definition) is 4. The summed E-state index contributed by atoms with van der Waals surface area (Å²) in [4.78, 5) is 36.7. The van der Waals surface area contributed by atoms with Gasteiger partial charge in [0.1, 0.15) is 0 Å². The maximum atomic E-state index is 12.5. The van der Waals surface area contributed by atoms with Gasteiger partial charge in [-0.1, -0.05) is 35.9 Å². The van der Waals surface area contributed by atoms with Crippen LogP contribution >= 0.6 is 11.6 Å². The number of ether oxygens (including phenoxy) is 1. The number of nitrogens with one attached hydrogen (secondary N) is 1. The maximum absolute atomic E-state index is 12.5. The second kappa shape index (κ2) is 9.70. The molecule has 0 bridgehead atoms. The molecule has 6 heteroatoms. The lowest BCUT2D eigenvalue weighted by atomic mass is 9.87. The summed E-state index contributed by atoms with van der Waals surface area (Å²) in [6, 6.07) is 14.5. The molecule has 0 aliphatic heterocycles. The van der Waals surface area contributed by atoms with Gasteiger partial charge in [0.15, 0.2) is 11.9 Å². The number of rotatable bonds is 7. The molecule has 0 spiro atoms. The molecule has 1 amide bonds. The van der Waals surface area contributed by atoms with Crippen molar-refractivity contribution in [2.24, 2.45) is 0 Å². The van der Waals surface area contributed by atoms with Crippen molar-refractivity contribution in [2.75, 3.05) is 0 Å². The molecule has 2 atom stereocenters. The Kier molecular flexibility index (Phi) is 7.04. The van der Waals surface area contributed by atoms with Crippen LogP contribution in [0, 0.1) is 0 Å². The SMILES string of the molecule is C[C@H](OC(=O)CCC(=O)c1ccc(Cl)cc1)C(=O)N[C@@H]1CCCc2ccccc21. The molecular formula is C23H24ClNO4. The van der Waals surface area contributed by atoms with Crippen LogP contribution in [0.5, 0.6) is 0 Å². The van der Waals surface area contributed by atoms with E-state index in [0.717, 1.165) is 24.8 Å². The number of esters is 1. The molecule has 0 fully saturated rings. The predicted molar refractivity (Wildman–Crippen MR) is 111 cm³/mol. The molecule has 1 aliphatic carbocycles. The van der Waals surface area contributed by atoms with Gasteiger partial charge in [-0.25, -0.2) is 0 Å². The molecule has 0 aromatic heterocycles. The fourth-order valence-electron chi connectivity index (χ4n) is 3.50. The number of amides is 1. The Hall–Kier alpha value is -2.66. The Bertz CT molecular complexity index is 894. The molecule has 3 rings (SSSR count). The largest absolute Gasteiger partial charge is 0.453 e. The van der Waals surface area contributed by atoms with Crippen LogP contribution in [-0.2, 0) is 20.7 Å². The minimum atomic E-state index is -0.915. The standard InChI is InChI=1S/C23H24ClNO4/c1-15(23(28)25-20-8-4-6-16-5-2-3-7-19(16)20)29-22(27)14-13-21(26)17-9-11-18(24)12-10-17/h2-3,5,7,9-12,15,20H,4,6,8,13-14H2,1H3,(H,25,28)/t15-,20+/m0/s1. The lowest BCUT2D eigenvalue weighted by Crippen LogP contribution is -2.39. The van der Waals surface area contributed by atoms with E-state index in [1.165, 1.54) is 5.56 Å². The van der Waals surface area contributed by atoms with Crippen molar-refractivity contribution >= 4 is 29.3 Å². The van der Waals surface area contributed by atoms with E-state index in [9.17, 15) is 14.4 Å².